The molecule has 1 aromatic rings. The second-order valence-electron chi connectivity index (χ2n) is 3.52. The van der Waals surface area contributed by atoms with Gasteiger partial charge in [0.05, 0.1) is 11.6 Å². The van der Waals surface area contributed by atoms with Crippen LogP contribution >= 0.6 is 0 Å². The molecule has 0 heterocycles. The summed E-state index contributed by atoms with van der Waals surface area (Å²) in [6, 6.07) is 9.92. The molecule has 0 saturated carbocycles. The van der Waals surface area contributed by atoms with Gasteiger partial charge in [0.2, 0.25) is 0 Å². The fourth-order valence-corrected chi connectivity index (χ4v) is 1.48. The van der Waals surface area contributed by atoms with Crippen molar-refractivity contribution >= 4 is 0 Å². The molecule has 14 heavy (non-hydrogen) atoms. The van der Waals surface area contributed by atoms with Crippen molar-refractivity contribution in [3.8, 4) is 6.07 Å². The van der Waals surface area contributed by atoms with Crippen LogP contribution in [0.2, 0.25) is 0 Å². The van der Waals surface area contributed by atoms with Crippen molar-refractivity contribution in [3.05, 3.63) is 47.5 Å². The fourth-order valence-electron chi connectivity index (χ4n) is 1.48. The highest BCUT2D eigenvalue weighted by Gasteiger charge is 1.99. The summed E-state index contributed by atoms with van der Waals surface area (Å²) in [6.07, 6.45) is 5.31. The minimum Gasteiger partial charge on any atom is -0.192 e. The number of allylic oxidation sites excluding steroid dienone is 2. The Morgan fingerprint density at radius 3 is 2.50 bits per heavy atom. The standard InChI is InChI=1S/C13H15N/c1-3-4-11(2)9-12-5-7-13(10-14)8-6-12/h3-8,11H,9H2,1-2H3/b4-3-. The molecular formula is C13H15N. The molecule has 0 amide bonds. The van der Waals surface area contributed by atoms with E-state index in [-0.39, 0.29) is 0 Å². The Kier molecular flexibility index (Phi) is 3.94. The molecule has 1 heteroatoms. The van der Waals surface area contributed by atoms with Crippen LogP contribution in [-0.2, 0) is 6.42 Å². The van der Waals surface area contributed by atoms with Gasteiger partial charge in [-0.3, -0.25) is 0 Å². The smallest absolute Gasteiger partial charge is 0.0991 e. The second kappa shape index (κ2) is 5.24. The van der Waals surface area contributed by atoms with Gasteiger partial charge in [0.1, 0.15) is 0 Å². The van der Waals surface area contributed by atoms with E-state index in [0.29, 0.717) is 5.92 Å². The zero-order valence-corrected chi connectivity index (χ0v) is 8.70. The molecule has 0 aliphatic rings. The Bertz CT molecular complexity index is 340. The topological polar surface area (TPSA) is 23.8 Å². The summed E-state index contributed by atoms with van der Waals surface area (Å²) < 4.78 is 0. The molecule has 0 radical (unpaired) electrons. The maximum absolute atomic E-state index is 8.63. The molecule has 0 bridgehead atoms. The SMILES string of the molecule is C/C=C\C(C)Cc1ccc(C#N)cc1. The minimum absolute atomic E-state index is 0.563. The average Bonchev–Trinajstić information content (AvgIpc) is 2.19. The van der Waals surface area contributed by atoms with Crippen molar-refractivity contribution in [3.63, 3.8) is 0 Å². The summed E-state index contributed by atoms with van der Waals surface area (Å²) in [5, 5.41) is 8.63. The summed E-state index contributed by atoms with van der Waals surface area (Å²) in [4.78, 5) is 0. The van der Waals surface area contributed by atoms with Gasteiger partial charge in [-0.1, -0.05) is 31.2 Å². The third-order valence-corrected chi connectivity index (χ3v) is 2.16. The van der Waals surface area contributed by atoms with E-state index in [1.165, 1.54) is 5.56 Å². The molecule has 72 valence electrons. The number of nitriles is 1. The van der Waals surface area contributed by atoms with E-state index in [0.717, 1.165) is 12.0 Å². The quantitative estimate of drug-likeness (QED) is 0.663. The van der Waals surface area contributed by atoms with Gasteiger partial charge in [0.15, 0.2) is 0 Å². The van der Waals surface area contributed by atoms with Crippen molar-refractivity contribution in [2.24, 2.45) is 5.92 Å². The Hall–Kier alpha value is -1.55. The monoisotopic (exact) mass is 185 g/mol. The van der Waals surface area contributed by atoms with Crippen molar-refractivity contribution < 1.29 is 0 Å². The first kappa shape index (κ1) is 10.5. The lowest BCUT2D eigenvalue weighted by Gasteiger charge is -2.05. The summed E-state index contributed by atoms with van der Waals surface area (Å²) in [6.45, 7) is 4.23. The highest BCUT2D eigenvalue weighted by molar-refractivity contribution is 5.31. The van der Waals surface area contributed by atoms with Gasteiger partial charge in [-0.05, 0) is 37.0 Å². The second-order valence-corrected chi connectivity index (χ2v) is 3.52. The van der Waals surface area contributed by atoms with Crippen molar-refractivity contribution in [1.82, 2.24) is 0 Å². The first-order valence-electron chi connectivity index (χ1n) is 4.88. The number of hydrogen-bond donors (Lipinski definition) is 0. The van der Waals surface area contributed by atoms with E-state index in [9.17, 15) is 0 Å². The summed E-state index contributed by atoms with van der Waals surface area (Å²) in [7, 11) is 0. The van der Waals surface area contributed by atoms with Gasteiger partial charge in [0.25, 0.3) is 0 Å². The zero-order chi connectivity index (χ0) is 10.4. The summed E-state index contributed by atoms with van der Waals surface area (Å²) in [5.41, 5.74) is 2.02. The van der Waals surface area contributed by atoms with Gasteiger partial charge < -0.3 is 0 Å². The van der Waals surface area contributed by atoms with E-state index < -0.39 is 0 Å². The van der Waals surface area contributed by atoms with E-state index >= 15 is 0 Å². The molecule has 0 aromatic heterocycles. The van der Waals surface area contributed by atoms with Crippen LogP contribution in [0.15, 0.2) is 36.4 Å². The number of rotatable bonds is 3. The van der Waals surface area contributed by atoms with E-state index in [1.54, 1.807) is 0 Å². The van der Waals surface area contributed by atoms with Crippen molar-refractivity contribution in [2.45, 2.75) is 20.3 Å². The maximum Gasteiger partial charge on any atom is 0.0991 e. The van der Waals surface area contributed by atoms with E-state index in [2.05, 4.69) is 25.1 Å². The van der Waals surface area contributed by atoms with Crippen LogP contribution in [0.5, 0.6) is 0 Å². The van der Waals surface area contributed by atoms with Crippen LogP contribution in [0.4, 0.5) is 0 Å². The Morgan fingerprint density at radius 1 is 1.36 bits per heavy atom. The molecule has 0 fully saturated rings. The van der Waals surface area contributed by atoms with Crippen LogP contribution in [0, 0.1) is 17.2 Å². The van der Waals surface area contributed by atoms with Gasteiger partial charge in [-0.2, -0.15) is 5.26 Å². The molecule has 1 unspecified atom stereocenters. The molecule has 0 saturated heterocycles. The summed E-state index contributed by atoms with van der Waals surface area (Å²) in [5.74, 6) is 0.563. The third-order valence-electron chi connectivity index (χ3n) is 2.16. The lowest BCUT2D eigenvalue weighted by molar-refractivity contribution is 0.722. The normalized spacial score (nSPS) is 12.6. The Morgan fingerprint density at radius 2 is 2.00 bits per heavy atom. The van der Waals surface area contributed by atoms with Crippen LogP contribution in [-0.4, -0.2) is 0 Å². The van der Waals surface area contributed by atoms with Gasteiger partial charge in [-0.25, -0.2) is 0 Å². The Labute approximate surface area is 85.7 Å². The zero-order valence-electron chi connectivity index (χ0n) is 8.70. The lowest BCUT2D eigenvalue weighted by Crippen LogP contribution is -1.95. The van der Waals surface area contributed by atoms with Crippen LogP contribution in [0.25, 0.3) is 0 Å². The lowest BCUT2D eigenvalue weighted by atomic mass is 10.00. The molecule has 0 aliphatic carbocycles. The third kappa shape index (κ3) is 3.06. The molecule has 1 atom stereocenters. The van der Waals surface area contributed by atoms with Gasteiger partial charge in [0, 0.05) is 0 Å². The minimum atomic E-state index is 0.563. The first-order valence-corrected chi connectivity index (χ1v) is 4.88. The molecule has 0 N–H and O–H groups in total. The average molecular weight is 185 g/mol. The largest absolute Gasteiger partial charge is 0.192 e. The molecule has 1 aromatic carbocycles. The van der Waals surface area contributed by atoms with Crippen LogP contribution in [0.1, 0.15) is 25.0 Å². The highest BCUT2D eigenvalue weighted by atomic mass is 14.2. The van der Waals surface area contributed by atoms with Crippen molar-refractivity contribution in [2.75, 3.05) is 0 Å². The molecule has 0 spiro atoms. The van der Waals surface area contributed by atoms with Gasteiger partial charge in [-0.15, -0.1) is 0 Å². The fraction of sp³-hybridized carbons (Fsp3) is 0.308. The van der Waals surface area contributed by atoms with Crippen molar-refractivity contribution in [1.29, 1.82) is 5.26 Å². The Balaban J connectivity index is 2.65. The maximum atomic E-state index is 8.63. The van der Waals surface area contributed by atoms with Crippen LogP contribution < -0.4 is 0 Å². The van der Waals surface area contributed by atoms with Gasteiger partial charge >= 0.3 is 0 Å². The van der Waals surface area contributed by atoms with E-state index in [1.807, 2.05) is 31.2 Å². The number of hydrogen-bond acceptors (Lipinski definition) is 1. The molecular weight excluding hydrogens is 170 g/mol. The predicted octanol–water partition coefficient (Wildman–Crippen LogP) is 3.31. The molecule has 1 nitrogen and oxygen atoms in total. The predicted molar refractivity (Wildman–Crippen MR) is 58.8 cm³/mol. The molecule has 0 aliphatic heterocycles. The highest BCUT2D eigenvalue weighted by Crippen LogP contribution is 2.10. The number of nitrogens with zero attached hydrogens (tertiary/aromatic N) is 1. The molecule has 1 rings (SSSR count). The number of benzene rings is 1. The first-order chi connectivity index (χ1) is 6.76. The summed E-state index contributed by atoms with van der Waals surface area (Å²) >= 11 is 0. The van der Waals surface area contributed by atoms with E-state index in [4.69, 9.17) is 5.26 Å². The van der Waals surface area contributed by atoms with Crippen LogP contribution in [0.3, 0.4) is 0 Å².